The van der Waals surface area contributed by atoms with Gasteiger partial charge in [0.2, 0.25) is 5.91 Å². The molecule has 1 N–H and O–H groups in total. The molecular weight excluding hydrogens is 210 g/mol. The topological polar surface area (TPSA) is 29.1 Å². The van der Waals surface area contributed by atoms with E-state index in [1.807, 2.05) is 0 Å². The van der Waals surface area contributed by atoms with Crippen molar-refractivity contribution in [3.8, 4) is 0 Å². The zero-order chi connectivity index (χ0) is 12.8. The van der Waals surface area contributed by atoms with E-state index in [1.165, 1.54) is 11.6 Å². The minimum Gasteiger partial charge on any atom is -0.346 e. The first kappa shape index (κ1) is 13.5. The average molecular weight is 231 g/mol. The van der Waals surface area contributed by atoms with Crippen LogP contribution in [-0.2, 0) is 11.2 Å². The Kier molecular flexibility index (Phi) is 4.95. The van der Waals surface area contributed by atoms with Gasteiger partial charge < -0.3 is 5.32 Å². The third-order valence-electron chi connectivity index (χ3n) is 2.90. The van der Waals surface area contributed by atoms with Gasteiger partial charge in [0.1, 0.15) is 0 Å². The summed E-state index contributed by atoms with van der Waals surface area (Å²) in [5, 5.41) is 2.96. The van der Waals surface area contributed by atoms with Crippen molar-refractivity contribution in [2.45, 2.75) is 33.2 Å². The van der Waals surface area contributed by atoms with E-state index in [-0.39, 0.29) is 11.9 Å². The Morgan fingerprint density at radius 3 is 2.35 bits per heavy atom. The molecular formula is C15H21NO. The van der Waals surface area contributed by atoms with Crippen LogP contribution < -0.4 is 5.32 Å². The lowest BCUT2D eigenvalue weighted by Crippen LogP contribution is -2.30. The number of carbonyl (C=O) groups is 1. The molecule has 0 fully saturated rings. The standard InChI is InChI=1S/C15H21NO/c1-5-12-7-9-13(10-8-12)15(11(3)4)16-14(17)6-2/h6-11,15H,2,5H2,1,3-4H3,(H,16,17). The van der Waals surface area contributed by atoms with E-state index in [2.05, 4.69) is 56.9 Å². The van der Waals surface area contributed by atoms with Crippen LogP contribution in [0.4, 0.5) is 0 Å². The van der Waals surface area contributed by atoms with Gasteiger partial charge in [0.25, 0.3) is 0 Å². The maximum atomic E-state index is 11.4. The van der Waals surface area contributed by atoms with Crippen molar-refractivity contribution in [1.29, 1.82) is 0 Å². The van der Waals surface area contributed by atoms with Crippen molar-refractivity contribution in [3.05, 3.63) is 48.0 Å². The molecule has 0 bridgehead atoms. The van der Waals surface area contributed by atoms with E-state index in [4.69, 9.17) is 0 Å². The summed E-state index contributed by atoms with van der Waals surface area (Å²) in [7, 11) is 0. The molecule has 1 atom stereocenters. The molecule has 0 aliphatic carbocycles. The number of hydrogen-bond acceptors (Lipinski definition) is 1. The summed E-state index contributed by atoms with van der Waals surface area (Å²) in [6.45, 7) is 9.81. The zero-order valence-corrected chi connectivity index (χ0v) is 10.9. The Morgan fingerprint density at radius 1 is 1.35 bits per heavy atom. The van der Waals surface area contributed by atoms with Gasteiger partial charge in [0.05, 0.1) is 6.04 Å². The number of amides is 1. The first-order valence-corrected chi connectivity index (χ1v) is 6.10. The number of carbonyl (C=O) groups excluding carboxylic acids is 1. The normalized spacial score (nSPS) is 12.2. The molecule has 1 unspecified atom stereocenters. The number of nitrogens with one attached hydrogen (secondary N) is 1. The summed E-state index contributed by atoms with van der Waals surface area (Å²) in [5.41, 5.74) is 2.46. The Balaban J connectivity index is 2.89. The molecule has 0 spiro atoms. The monoisotopic (exact) mass is 231 g/mol. The van der Waals surface area contributed by atoms with Gasteiger partial charge in [-0.2, -0.15) is 0 Å². The highest BCUT2D eigenvalue weighted by atomic mass is 16.1. The van der Waals surface area contributed by atoms with Crippen LogP contribution in [0.5, 0.6) is 0 Å². The van der Waals surface area contributed by atoms with Crippen molar-refractivity contribution in [2.75, 3.05) is 0 Å². The number of hydrogen-bond donors (Lipinski definition) is 1. The Morgan fingerprint density at radius 2 is 1.94 bits per heavy atom. The van der Waals surface area contributed by atoms with Crippen molar-refractivity contribution >= 4 is 5.91 Å². The highest BCUT2D eigenvalue weighted by Crippen LogP contribution is 2.22. The smallest absolute Gasteiger partial charge is 0.243 e. The summed E-state index contributed by atoms with van der Waals surface area (Å²) in [6, 6.07) is 8.46. The lowest BCUT2D eigenvalue weighted by atomic mass is 9.95. The average Bonchev–Trinajstić information content (AvgIpc) is 2.35. The molecule has 0 aliphatic heterocycles. The predicted molar refractivity (Wildman–Crippen MR) is 71.7 cm³/mol. The second-order valence-electron chi connectivity index (χ2n) is 4.53. The molecule has 2 heteroatoms. The predicted octanol–water partition coefficient (Wildman–Crippen LogP) is 3.25. The molecule has 17 heavy (non-hydrogen) atoms. The lowest BCUT2D eigenvalue weighted by molar-refractivity contribution is -0.117. The maximum absolute atomic E-state index is 11.4. The summed E-state index contributed by atoms with van der Waals surface area (Å²) < 4.78 is 0. The largest absolute Gasteiger partial charge is 0.346 e. The third kappa shape index (κ3) is 3.74. The molecule has 0 aromatic heterocycles. The molecule has 0 radical (unpaired) electrons. The quantitative estimate of drug-likeness (QED) is 0.774. The van der Waals surface area contributed by atoms with Gasteiger partial charge in [-0.1, -0.05) is 51.6 Å². The number of benzene rings is 1. The zero-order valence-electron chi connectivity index (χ0n) is 10.9. The fourth-order valence-electron chi connectivity index (χ4n) is 1.81. The van der Waals surface area contributed by atoms with Crippen molar-refractivity contribution in [1.82, 2.24) is 5.32 Å². The maximum Gasteiger partial charge on any atom is 0.243 e. The van der Waals surface area contributed by atoms with Gasteiger partial charge in [-0.15, -0.1) is 0 Å². The van der Waals surface area contributed by atoms with Crippen molar-refractivity contribution in [2.24, 2.45) is 5.92 Å². The second-order valence-corrected chi connectivity index (χ2v) is 4.53. The fourth-order valence-corrected chi connectivity index (χ4v) is 1.81. The van der Waals surface area contributed by atoms with E-state index in [0.717, 1.165) is 12.0 Å². The molecule has 1 aromatic carbocycles. The van der Waals surface area contributed by atoms with Gasteiger partial charge in [-0.25, -0.2) is 0 Å². The minimum absolute atomic E-state index is 0.0476. The molecule has 0 aliphatic rings. The Labute approximate surface area is 104 Å². The van der Waals surface area contributed by atoms with E-state index in [1.54, 1.807) is 0 Å². The van der Waals surface area contributed by atoms with Crippen LogP contribution in [0, 0.1) is 5.92 Å². The van der Waals surface area contributed by atoms with Gasteiger partial charge >= 0.3 is 0 Å². The van der Waals surface area contributed by atoms with E-state index in [0.29, 0.717) is 5.92 Å². The SMILES string of the molecule is C=CC(=O)NC(c1ccc(CC)cc1)C(C)C. The van der Waals surface area contributed by atoms with Crippen LogP contribution in [0.15, 0.2) is 36.9 Å². The van der Waals surface area contributed by atoms with Crippen LogP contribution in [0.3, 0.4) is 0 Å². The lowest BCUT2D eigenvalue weighted by Gasteiger charge is -2.22. The first-order valence-electron chi connectivity index (χ1n) is 6.10. The number of rotatable bonds is 5. The fraction of sp³-hybridized carbons (Fsp3) is 0.400. The second kappa shape index (κ2) is 6.24. The van der Waals surface area contributed by atoms with E-state index in [9.17, 15) is 4.79 Å². The Hall–Kier alpha value is -1.57. The third-order valence-corrected chi connectivity index (χ3v) is 2.90. The minimum atomic E-state index is -0.122. The van der Waals surface area contributed by atoms with Crippen LogP contribution in [0.2, 0.25) is 0 Å². The molecule has 0 saturated carbocycles. The Bertz CT molecular complexity index is 378. The summed E-state index contributed by atoms with van der Waals surface area (Å²) in [5.74, 6) is 0.231. The number of aryl methyl sites for hydroxylation is 1. The van der Waals surface area contributed by atoms with Crippen LogP contribution >= 0.6 is 0 Å². The summed E-state index contributed by atoms with van der Waals surface area (Å²) >= 11 is 0. The van der Waals surface area contributed by atoms with Gasteiger partial charge in [0.15, 0.2) is 0 Å². The van der Waals surface area contributed by atoms with Gasteiger partial charge in [0, 0.05) is 0 Å². The highest BCUT2D eigenvalue weighted by Gasteiger charge is 2.16. The molecule has 1 rings (SSSR count). The van der Waals surface area contributed by atoms with E-state index < -0.39 is 0 Å². The molecule has 1 amide bonds. The molecule has 0 heterocycles. The van der Waals surface area contributed by atoms with Crippen LogP contribution in [-0.4, -0.2) is 5.91 Å². The summed E-state index contributed by atoms with van der Waals surface area (Å²) in [4.78, 5) is 11.4. The molecule has 2 nitrogen and oxygen atoms in total. The van der Waals surface area contributed by atoms with Crippen molar-refractivity contribution in [3.63, 3.8) is 0 Å². The van der Waals surface area contributed by atoms with Crippen molar-refractivity contribution < 1.29 is 4.79 Å². The summed E-state index contributed by atoms with van der Waals surface area (Å²) in [6.07, 6.45) is 2.35. The van der Waals surface area contributed by atoms with Crippen LogP contribution in [0.25, 0.3) is 0 Å². The molecule has 92 valence electrons. The van der Waals surface area contributed by atoms with E-state index >= 15 is 0 Å². The molecule has 1 aromatic rings. The molecule has 0 saturated heterocycles. The van der Waals surface area contributed by atoms with Gasteiger partial charge in [-0.05, 0) is 29.5 Å². The van der Waals surface area contributed by atoms with Gasteiger partial charge in [-0.3, -0.25) is 4.79 Å². The van der Waals surface area contributed by atoms with Crippen LogP contribution in [0.1, 0.15) is 37.9 Å². The first-order chi connectivity index (χ1) is 8.08. The highest BCUT2D eigenvalue weighted by molar-refractivity contribution is 5.87.